The van der Waals surface area contributed by atoms with Crippen LogP contribution in [0.3, 0.4) is 0 Å². The highest BCUT2D eigenvalue weighted by Crippen LogP contribution is 1.97. The van der Waals surface area contributed by atoms with Crippen molar-refractivity contribution in [1.29, 1.82) is 0 Å². The molecule has 1 rings (SSSR count). The first-order valence-electron chi connectivity index (χ1n) is 6.29. The Hall–Kier alpha value is -0.200. The normalized spacial score (nSPS) is 22.7. The van der Waals surface area contributed by atoms with Crippen LogP contribution < -0.4 is 11.5 Å². The highest BCUT2D eigenvalue weighted by molar-refractivity contribution is 4.70. The minimum absolute atomic E-state index is 0.751. The van der Waals surface area contributed by atoms with Crippen molar-refractivity contribution >= 4 is 0 Å². The van der Waals surface area contributed by atoms with Crippen molar-refractivity contribution in [2.45, 2.75) is 0 Å². The first kappa shape index (κ1) is 13.9. The molecule has 0 aromatic heterocycles. The molecule has 0 aromatic carbocycles. The summed E-state index contributed by atoms with van der Waals surface area (Å²) in [5.74, 6) is 0. The van der Waals surface area contributed by atoms with E-state index in [1.807, 2.05) is 0 Å². The van der Waals surface area contributed by atoms with E-state index < -0.39 is 0 Å². The second-order valence-electron chi connectivity index (χ2n) is 4.56. The van der Waals surface area contributed by atoms with Gasteiger partial charge in [0.15, 0.2) is 0 Å². The zero-order valence-electron chi connectivity index (χ0n) is 10.6. The van der Waals surface area contributed by atoms with Crippen LogP contribution in [0, 0.1) is 0 Å². The van der Waals surface area contributed by atoms with Gasteiger partial charge in [-0.1, -0.05) is 0 Å². The van der Waals surface area contributed by atoms with Crippen molar-refractivity contribution in [3.63, 3.8) is 0 Å². The summed E-state index contributed by atoms with van der Waals surface area (Å²) in [6.07, 6.45) is 0. The van der Waals surface area contributed by atoms with Gasteiger partial charge in [0, 0.05) is 65.4 Å². The Morgan fingerprint density at radius 3 is 1.50 bits per heavy atom. The van der Waals surface area contributed by atoms with E-state index in [2.05, 4.69) is 21.7 Å². The van der Waals surface area contributed by atoms with Crippen LogP contribution in [0.2, 0.25) is 0 Å². The van der Waals surface area contributed by atoms with E-state index in [4.69, 9.17) is 11.5 Å². The minimum Gasteiger partial charge on any atom is -0.329 e. The molecule has 0 saturated carbocycles. The fraction of sp³-hybridized carbons (Fsp3) is 1.00. The molecule has 0 aliphatic carbocycles. The van der Waals surface area contributed by atoms with Crippen LogP contribution in [0.4, 0.5) is 0 Å². The van der Waals surface area contributed by atoms with Crippen LogP contribution in [0.1, 0.15) is 0 Å². The van der Waals surface area contributed by atoms with Crippen LogP contribution in [-0.4, -0.2) is 87.2 Å². The maximum atomic E-state index is 5.63. The van der Waals surface area contributed by atoms with E-state index in [1.165, 1.54) is 0 Å². The third-order valence-corrected chi connectivity index (χ3v) is 3.22. The highest BCUT2D eigenvalue weighted by Gasteiger charge is 2.13. The molecule has 96 valence electrons. The Morgan fingerprint density at radius 1 is 0.750 bits per heavy atom. The van der Waals surface area contributed by atoms with Gasteiger partial charge < -0.3 is 16.4 Å². The summed E-state index contributed by atoms with van der Waals surface area (Å²) in [4.78, 5) is 7.29. The van der Waals surface area contributed by atoms with Gasteiger partial charge in [-0.05, 0) is 7.05 Å². The Bertz CT molecular complexity index is 158. The quantitative estimate of drug-likeness (QED) is 0.611. The summed E-state index contributed by atoms with van der Waals surface area (Å²) in [5.41, 5.74) is 11.3. The largest absolute Gasteiger partial charge is 0.329 e. The Morgan fingerprint density at radius 2 is 1.12 bits per heavy atom. The lowest BCUT2D eigenvalue weighted by atomic mass is 10.4. The molecule has 5 nitrogen and oxygen atoms in total. The number of hydrogen-bond donors (Lipinski definition) is 2. The summed E-state index contributed by atoms with van der Waals surface area (Å²) < 4.78 is 0. The monoisotopic (exact) mass is 229 g/mol. The first-order valence-corrected chi connectivity index (χ1v) is 6.29. The lowest BCUT2D eigenvalue weighted by molar-refractivity contribution is 0.226. The standard InChI is InChI=1S/C11H27N5/c1-14-6-8-15(4-2-12)10-11-16(5-3-13)9-7-14/h2-13H2,1H3. The SMILES string of the molecule is CN1CCN(CCN)CCN(CCN)CC1. The zero-order chi connectivity index (χ0) is 11.8. The fourth-order valence-electron chi connectivity index (χ4n) is 2.05. The molecule has 1 aliphatic rings. The van der Waals surface area contributed by atoms with Gasteiger partial charge in [0.1, 0.15) is 0 Å². The molecular formula is C11H27N5. The molecule has 1 fully saturated rings. The molecule has 0 radical (unpaired) electrons. The molecular weight excluding hydrogens is 202 g/mol. The molecule has 1 aliphatic heterocycles. The van der Waals surface area contributed by atoms with Crippen molar-refractivity contribution < 1.29 is 0 Å². The summed E-state index contributed by atoms with van der Waals surface area (Å²) in [5, 5.41) is 0. The number of nitrogens with zero attached hydrogens (tertiary/aromatic N) is 3. The van der Waals surface area contributed by atoms with Crippen LogP contribution >= 0.6 is 0 Å². The molecule has 0 unspecified atom stereocenters. The summed E-state index contributed by atoms with van der Waals surface area (Å²) >= 11 is 0. The lowest BCUT2D eigenvalue weighted by Gasteiger charge is -2.24. The molecule has 0 bridgehead atoms. The topological polar surface area (TPSA) is 61.8 Å². The van der Waals surface area contributed by atoms with Crippen LogP contribution in [0.5, 0.6) is 0 Å². The fourth-order valence-corrected chi connectivity index (χ4v) is 2.05. The molecule has 4 N–H and O–H groups in total. The molecule has 0 atom stereocenters. The maximum absolute atomic E-state index is 5.63. The Kier molecular flexibility index (Phi) is 6.91. The van der Waals surface area contributed by atoms with E-state index >= 15 is 0 Å². The van der Waals surface area contributed by atoms with Crippen molar-refractivity contribution in [3.8, 4) is 0 Å². The summed E-state index contributed by atoms with van der Waals surface area (Å²) in [6, 6.07) is 0. The average molecular weight is 229 g/mol. The first-order chi connectivity index (χ1) is 7.76. The smallest absolute Gasteiger partial charge is 0.0110 e. The van der Waals surface area contributed by atoms with Gasteiger partial charge in [0.2, 0.25) is 0 Å². The molecule has 1 saturated heterocycles. The molecule has 0 aromatic rings. The van der Waals surface area contributed by atoms with E-state index in [0.29, 0.717) is 0 Å². The maximum Gasteiger partial charge on any atom is 0.0110 e. The molecule has 0 amide bonds. The van der Waals surface area contributed by atoms with Gasteiger partial charge in [0.25, 0.3) is 0 Å². The minimum atomic E-state index is 0.751. The zero-order valence-corrected chi connectivity index (χ0v) is 10.6. The molecule has 16 heavy (non-hydrogen) atoms. The third kappa shape index (κ3) is 5.23. The predicted molar refractivity (Wildman–Crippen MR) is 68.5 cm³/mol. The number of rotatable bonds is 4. The van der Waals surface area contributed by atoms with Gasteiger partial charge in [-0.2, -0.15) is 0 Å². The summed E-state index contributed by atoms with van der Waals surface area (Å²) in [7, 11) is 2.19. The van der Waals surface area contributed by atoms with Crippen molar-refractivity contribution in [2.24, 2.45) is 11.5 Å². The van der Waals surface area contributed by atoms with Crippen LogP contribution in [0.15, 0.2) is 0 Å². The predicted octanol–water partition coefficient (Wildman–Crippen LogP) is -1.55. The van der Waals surface area contributed by atoms with Gasteiger partial charge >= 0.3 is 0 Å². The van der Waals surface area contributed by atoms with E-state index in [-0.39, 0.29) is 0 Å². The Labute approximate surface area is 99.3 Å². The summed E-state index contributed by atoms with van der Waals surface area (Å²) in [6.45, 7) is 10.3. The van der Waals surface area contributed by atoms with Crippen molar-refractivity contribution in [2.75, 3.05) is 72.5 Å². The second kappa shape index (κ2) is 7.97. The van der Waals surface area contributed by atoms with Gasteiger partial charge in [-0.15, -0.1) is 0 Å². The number of likely N-dealkylation sites (N-methyl/N-ethyl adjacent to an activating group) is 1. The average Bonchev–Trinajstić information content (AvgIpc) is 2.35. The highest BCUT2D eigenvalue weighted by atomic mass is 15.3. The van der Waals surface area contributed by atoms with Gasteiger partial charge in [0.05, 0.1) is 0 Å². The number of hydrogen-bond acceptors (Lipinski definition) is 5. The Balaban J connectivity index is 2.43. The van der Waals surface area contributed by atoms with Gasteiger partial charge in [-0.25, -0.2) is 0 Å². The van der Waals surface area contributed by atoms with E-state index in [9.17, 15) is 0 Å². The number of nitrogens with two attached hydrogens (primary N) is 2. The third-order valence-electron chi connectivity index (χ3n) is 3.22. The van der Waals surface area contributed by atoms with Crippen molar-refractivity contribution in [3.05, 3.63) is 0 Å². The van der Waals surface area contributed by atoms with E-state index in [1.54, 1.807) is 0 Å². The van der Waals surface area contributed by atoms with E-state index in [0.717, 1.165) is 65.4 Å². The second-order valence-corrected chi connectivity index (χ2v) is 4.56. The van der Waals surface area contributed by atoms with Crippen LogP contribution in [0.25, 0.3) is 0 Å². The molecule has 1 heterocycles. The lowest BCUT2D eigenvalue weighted by Crippen LogP contribution is -2.39. The van der Waals surface area contributed by atoms with Gasteiger partial charge in [-0.3, -0.25) is 9.80 Å². The van der Waals surface area contributed by atoms with Crippen molar-refractivity contribution in [1.82, 2.24) is 14.7 Å². The van der Waals surface area contributed by atoms with Crippen LogP contribution in [-0.2, 0) is 0 Å². The molecule has 0 spiro atoms. The molecule has 5 heteroatoms.